The number of hydrogen-bond acceptors (Lipinski definition) is 5. The van der Waals surface area contributed by atoms with Crippen LogP contribution in [0, 0.1) is 0 Å². The Morgan fingerprint density at radius 2 is 1.73 bits per heavy atom. The molecular weight excluding hydrogens is 461 g/mol. The van der Waals surface area contributed by atoms with Crippen LogP contribution in [0.5, 0.6) is 5.75 Å². The van der Waals surface area contributed by atoms with Crippen LogP contribution < -0.4 is 5.32 Å². The van der Waals surface area contributed by atoms with Gasteiger partial charge in [-0.2, -0.15) is 0 Å². The van der Waals surface area contributed by atoms with E-state index in [1.54, 1.807) is 0 Å². The number of piperazine rings is 1. The summed E-state index contributed by atoms with van der Waals surface area (Å²) >= 11 is 1.87. The Morgan fingerprint density at radius 1 is 1.03 bits per heavy atom. The van der Waals surface area contributed by atoms with Gasteiger partial charge >= 0.3 is 0 Å². The van der Waals surface area contributed by atoms with Crippen molar-refractivity contribution < 1.29 is 5.11 Å². The average molecular weight is 495 g/mol. The highest BCUT2D eigenvalue weighted by Gasteiger charge is 2.35. The summed E-state index contributed by atoms with van der Waals surface area (Å²) in [6.07, 6.45) is 5.05. The Morgan fingerprint density at radius 3 is 2.37 bits per heavy atom. The molecule has 170 valence electrons. The molecule has 1 saturated heterocycles. The van der Waals surface area contributed by atoms with Crippen molar-refractivity contribution in [2.24, 2.45) is 0 Å². The van der Waals surface area contributed by atoms with E-state index >= 15 is 0 Å². The van der Waals surface area contributed by atoms with E-state index in [0.717, 1.165) is 44.8 Å². The lowest BCUT2D eigenvalue weighted by atomic mass is 9.94. The number of thiophene rings is 1. The minimum Gasteiger partial charge on any atom is -0.508 e. The van der Waals surface area contributed by atoms with Crippen molar-refractivity contribution in [3.63, 3.8) is 0 Å². The lowest BCUT2D eigenvalue weighted by Crippen LogP contribution is -2.43. The predicted octanol–water partition coefficient (Wildman–Crippen LogP) is 5.03. The highest BCUT2D eigenvalue weighted by atomic mass is 35.5. The maximum absolute atomic E-state index is 10.3. The molecular formula is C22H34Cl3N3OS. The number of nitrogens with zero attached hydrogens (tertiary/aromatic N) is 2. The van der Waals surface area contributed by atoms with Crippen LogP contribution in [-0.4, -0.2) is 48.1 Å². The zero-order chi connectivity index (χ0) is 18.7. The van der Waals surface area contributed by atoms with E-state index in [-0.39, 0.29) is 42.8 Å². The van der Waals surface area contributed by atoms with Gasteiger partial charge in [0.2, 0.25) is 0 Å². The Bertz CT molecular complexity index is 746. The van der Waals surface area contributed by atoms with Crippen molar-refractivity contribution in [2.45, 2.75) is 44.3 Å². The maximum atomic E-state index is 10.3. The van der Waals surface area contributed by atoms with E-state index < -0.39 is 0 Å². The van der Waals surface area contributed by atoms with Gasteiger partial charge in [-0.25, -0.2) is 0 Å². The van der Waals surface area contributed by atoms with E-state index in [4.69, 9.17) is 0 Å². The molecule has 0 unspecified atom stereocenters. The monoisotopic (exact) mass is 493 g/mol. The Labute approximate surface area is 203 Å². The third-order valence-corrected chi connectivity index (χ3v) is 7.29. The average Bonchev–Trinajstić information content (AvgIpc) is 3.36. The summed E-state index contributed by atoms with van der Waals surface area (Å²) in [7, 11) is 2.17. The van der Waals surface area contributed by atoms with Crippen LogP contribution in [0.2, 0.25) is 0 Å². The van der Waals surface area contributed by atoms with E-state index in [1.165, 1.54) is 36.1 Å². The fourth-order valence-corrected chi connectivity index (χ4v) is 5.40. The normalized spacial score (nSPS) is 18.8. The van der Waals surface area contributed by atoms with Crippen molar-refractivity contribution >= 4 is 48.6 Å². The zero-order valence-electron chi connectivity index (χ0n) is 17.5. The Hall–Kier alpha value is -0.530. The summed E-state index contributed by atoms with van der Waals surface area (Å²) in [6, 6.07) is 10.6. The van der Waals surface area contributed by atoms with Gasteiger partial charge in [0.15, 0.2) is 0 Å². The van der Waals surface area contributed by atoms with E-state index in [9.17, 15) is 5.11 Å². The zero-order valence-corrected chi connectivity index (χ0v) is 20.8. The summed E-state index contributed by atoms with van der Waals surface area (Å²) in [5, 5.41) is 16.4. The Balaban J connectivity index is 0.00000150. The molecule has 1 aromatic carbocycles. The molecule has 0 bridgehead atoms. The van der Waals surface area contributed by atoms with Crippen LogP contribution in [0.1, 0.15) is 41.7 Å². The maximum Gasteiger partial charge on any atom is 0.120 e. The number of halogens is 3. The first kappa shape index (κ1) is 27.5. The van der Waals surface area contributed by atoms with Crippen LogP contribution >= 0.6 is 48.6 Å². The van der Waals surface area contributed by atoms with Crippen LogP contribution in [0.4, 0.5) is 0 Å². The van der Waals surface area contributed by atoms with Crippen LogP contribution in [0.3, 0.4) is 0 Å². The van der Waals surface area contributed by atoms with Gasteiger partial charge in [0, 0.05) is 49.7 Å². The summed E-state index contributed by atoms with van der Waals surface area (Å²) in [4.78, 5) is 6.27. The molecule has 1 aliphatic carbocycles. The summed E-state index contributed by atoms with van der Waals surface area (Å²) in [6.45, 7) is 6.04. The molecule has 4 rings (SSSR count). The van der Waals surface area contributed by atoms with Crippen LogP contribution in [0.25, 0.3) is 0 Å². The molecule has 0 atom stereocenters. The molecule has 4 nitrogen and oxygen atoms in total. The van der Waals surface area contributed by atoms with Crippen LogP contribution in [0.15, 0.2) is 35.7 Å². The third-order valence-electron chi connectivity index (χ3n) is 6.21. The second-order valence-corrected chi connectivity index (χ2v) is 9.11. The van der Waals surface area contributed by atoms with Crippen molar-refractivity contribution in [1.82, 2.24) is 15.1 Å². The number of aromatic hydroxyl groups is 1. The molecule has 2 fully saturated rings. The minimum absolute atomic E-state index is 0. The topological polar surface area (TPSA) is 38.7 Å². The number of phenolic OH excluding ortho intramolecular Hbond substituents is 1. The number of benzene rings is 1. The molecule has 0 amide bonds. The largest absolute Gasteiger partial charge is 0.508 e. The number of rotatable bonds is 6. The molecule has 8 heteroatoms. The molecule has 2 aromatic rings. The third kappa shape index (κ3) is 6.49. The number of phenols is 1. The highest BCUT2D eigenvalue weighted by Crippen LogP contribution is 2.41. The molecule has 2 heterocycles. The summed E-state index contributed by atoms with van der Waals surface area (Å²) in [5.74, 6) is 0.423. The molecule has 0 spiro atoms. The van der Waals surface area contributed by atoms with Crippen molar-refractivity contribution in [2.75, 3.05) is 33.2 Å². The number of hydrogen-bond donors (Lipinski definition) is 2. The molecule has 2 N–H and O–H groups in total. The first-order chi connectivity index (χ1) is 13.1. The van der Waals surface area contributed by atoms with Gasteiger partial charge in [-0.05, 0) is 49.0 Å². The first-order valence-electron chi connectivity index (χ1n) is 10.2. The second-order valence-electron chi connectivity index (χ2n) is 8.16. The minimum atomic E-state index is 0. The quantitative estimate of drug-likeness (QED) is 0.591. The van der Waals surface area contributed by atoms with Crippen molar-refractivity contribution in [3.05, 3.63) is 51.7 Å². The van der Waals surface area contributed by atoms with E-state index in [1.807, 2.05) is 17.4 Å². The standard InChI is InChI=1S/C22H31N3OS.3ClH/c1-24-10-12-25(13-11-24)17-19-15-18(6-7-20(19)26)16-23-22(8-2-3-9-22)21-5-4-14-27-21;;;/h4-7,14-15,23,26H,2-3,8-13,16-17H2,1H3;3*1H. The highest BCUT2D eigenvalue weighted by molar-refractivity contribution is 7.10. The molecule has 2 aliphatic rings. The van der Waals surface area contributed by atoms with E-state index in [0.29, 0.717) is 5.75 Å². The van der Waals surface area contributed by atoms with Gasteiger partial charge in [-0.15, -0.1) is 48.6 Å². The number of likely N-dealkylation sites (N-methyl/N-ethyl adjacent to an activating group) is 1. The molecule has 1 aliphatic heterocycles. The molecule has 1 saturated carbocycles. The molecule has 0 radical (unpaired) electrons. The van der Waals surface area contributed by atoms with Gasteiger partial charge in [-0.1, -0.05) is 25.0 Å². The second kappa shape index (κ2) is 12.5. The molecule has 30 heavy (non-hydrogen) atoms. The fourth-order valence-electron chi connectivity index (χ4n) is 4.43. The van der Waals surface area contributed by atoms with Gasteiger partial charge in [0.25, 0.3) is 0 Å². The van der Waals surface area contributed by atoms with Gasteiger partial charge in [0.05, 0.1) is 5.54 Å². The van der Waals surface area contributed by atoms with Crippen LogP contribution in [-0.2, 0) is 18.6 Å². The first-order valence-corrected chi connectivity index (χ1v) is 11.0. The lowest BCUT2D eigenvalue weighted by Gasteiger charge is -2.32. The molecule has 1 aromatic heterocycles. The van der Waals surface area contributed by atoms with Gasteiger partial charge < -0.3 is 15.3 Å². The summed E-state index contributed by atoms with van der Waals surface area (Å²) < 4.78 is 0. The van der Waals surface area contributed by atoms with Crippen molar-refractivity contribution in [3.8, 4) is 5.75 Å². The van der Waals surface area contributed by atoms with Crippen molar-refractivity contribution in [1.29, 1.82) is 0 Å². The lowest BCUT2D eigenvalue weighted by molar-refractivity contribution is 0.147. The SMILES string of the molecule is CN1CCN(Cc2cc(CNC3(c4cccs4)CCCC3)ccc2O)CC1.Cl.Cl.Cl. The van der Waals surface area contributed by atoms with Gasteiger partial charge in [0.1, 0.15) is 5.75 Å². The summed E-state index contributed by atoms with van der Waals surface area (Å²) in [5.41, 5.74) is 2.46. The van der Waals surface area contributed by atoms with Gasteiger partial charge in [-0.3, -0.25) is 4.90 Å². The number of nitrogens with one attached hydrogen (secondary N) is 1. The smallest absolute Gasteiger partial charge is 0.120 e. The predicted molar refractivity (Wildman–Crippen MR) is 134 cm³/mol. The Kier molecular flexibility index (Phi) is 11.5. The van der Waals surface area contributed by atoms with E-state index in [2.05, 4.69) is 51.8 Å². The fraction of sp³-hybridized carbons (Fsp3) is 0.545.